The molecule has 0 aliphatic carbocycles. The van der Waals surface area contributed by atoms with Gasteiger partial charge in [-0.3, -0.25) is 9.59 Å². The fraction of sp³-hybridized carbons (Fsp3) is 0.526. The molecular weight excluding hydrogens is 352 g/mol. The lowest BCUT2D eigenvalue weighted by Gasteiger charge is -2.22. The average Bonchev–Trinajstić information content (AvgIpc) is 2.63. The van der Waals surface area contributed by atoms with Gasteiger partial charge in [0, 0.05) is 19.4 Å². The highest BCUT2D eigenvalue weighted by Crippen LogP contribution is 2.13. The van der Waals surface area contributed by atoms with Crippen LogP contribution < -0.4 is 16.2 Å². The number of piperidine rings is 1. The van der Waals surface area contributed by atoms with Gasteiger partial charge >= 0.3 is 0 Å². The minimum absolute atomic E-state index is 0. The minimum Gasteiger partial charge on any atom is -0.356 e. The van der Waals surface area contributed by atoms with Gasteiger partial charge in [0.25, 0.3) is 5.56 Å². The molecule has 2 aromatic rings. The molecule has 6 nitrogen and oxygen atoms in total. The Kier molecular flexibility index (Phi) is 8.06. The molecule has 2 heterocycles. The van der Waals surface area contributed by atoms with Crippen LogP contribution in [0.15, 0.2) is 29.1 Å². The number of rotatable bonds is 7. The second-order valence-corrected chi connectivity index (χ2v) is 6.73. The summed E-state index contributed by atoms with van der Waals surface area (Å²) in [6, 6.07) is 7.29. The molecule has 1 aliphatic rings. The highest BCUT2D eigenvalue weighted by Gasteiger charge is 2.12. The predicted molar refractivity (Wildman–Crippen MR) is 106 cm³/mol. The topological polar surface area (TPSA) is 86.9 Å². The van der Waals surface area contributed by atoms with Gasteiger partial charge in [-0.25, -0.2) is 4.98 Å². The maximum atomic E-state index is 12.0. The molecule has 3 N–H and O–H groups in total. The van der Waals surface area contributed by atoms with E-state index in [0.29, 0.717) is 41.9 Å². The van der Waals surface area contributed by atoms with Gasteiger partial charge in [0.15, 0.2) is 0 Å². The Morgan fingerprint density at radius 3 is 2.96 bits per heavy atom. The number of halogens is 1. The second kappa shape index (κ2) is 10.3. The first-order chi connectivity index (χ1) is 12.2. The van der Waals surface area contributed by atoms with Crippen molar-refractivity contribution in [2.45, 2.75) is 38.5 Å². The van der Waals surface area contributed by atoms with Gasteiger partial charge in [0.05, 0.1) is 10.9 Å². The summed E-state index contributed by atoms with van der Waals surface area (Å²) in [6.45, 7) is 2.93. The Morgan fingerprint density at radius 1 is 1.31 bits per heavy atom. The van der Waals surface area contributed by atoms with Crippen molar-refractivity contribution in [3.05, 3.63) is 40.4 Å². The molecule has 1 unspecified atom stereocenters. The number of amides is 1. The molecule has 26 heavy (non-hydrogen) atoms. The molecule has 0 bridgehead atoms. The maximum absolute atomic E-state index is 12.0. The van der Waals surface area contributed by atoms with Crippen LogP contribution in [0.2, 0.25) is 0 Å². The molecule has 3 rings (SSSR count). The van der Waals surface area contributed by atoms with Crippen molar-refractivity contribution in [1.29, 1.82) is 0 Å². The number of hydrogen-bond donors (Lipinski definition) is 3. The molecule has 1 aromatic heterocycles. The van der Waals surface area contributed by atoms with E-state index in [1.807, 2.05) is 18.2 Å². The van der Waals surface area contributed by atoms with E-state index >= 15 is 0 Å². The Morgan fingerprint density at radius 2 is 2.15 bits per heavy atom. The minimum atomic E-state index is -0.119. The molecular formula is C19H27ClN4O2. The van der Waals surface area contributed by atoms with Gasteiger partial charge in [0.1, 0.15) is 5.82 Å². The number of nitrogens with one attached hydrogen (secondary N) is 3. The largest absolute Gasteiger partial charge is 0.356 e. The molecule has 0 radical (unpaired) electrons. The number of nitrogens with zero attached hydrogens (tertiary/aromatic N) is 1. The number of benzene rings is 1. The van der Waals surface area contributed by atoms with Gasteiger partial charge in [-0.1, -0.05) is 12.1 Å². The van der Waals surface area contributed by atoms with Crippen LogP contribution in [0.5, 0.6) is 0 Å². The van der Waals surface area contributed by atoms with E-state index in [0.717, 1.165) is 26.1 Å². The summed E-state index contributed by atoms with van der Waals surface area (Å²) in [4.78, 5) is 31.2. The lowest BCUT2D eigenvalue weighted by atomic mass is 9.96. The molecule has 142 valence electrons. The Balaban J connectivity index is 0.00000243. The number of hydrogen-bond acceptors (Lipinski definition) is 4. The van der Waals surface area contributed by atoms with Crippen molar-refractivity contribution in [2.24, 2.45) is 5.92 Å². The van der Waals surface area contributed by atoms with Crippen molar-refractivity contribution in [2.75, 3.05) is 19.6 Å². The van der Waals surface area contributed by atoms with Gasteiger partial charge in [-0.2, -0.15) is 0 Å². The fourth-order valence-corrected chi connectivity index (χ4v) is 3.34. The van der Waals surface area contributed by atoms with E-state index in [4.69, 9.17) is 0 Å². The summed E-state index contributed by atoms with van der Waals surface area (Å²) < 4.78 is 0. The number of aromatic amines is 1. The number of carbonyl (C=O) groups excluding carboxylic acids is 1. The summed E-state index contributed by atoms with van der Waals surface area (Å²) in [6.07, 6.45) is 5.26. The second-order valence-electron chi connectivity index (χ2n) is 6.73. The first kappa shape index (κ1) is 20.4. The summed E-state index contributed by atoms with van der Waals surface area (Å²) in [7, 11) is 0. The van der Waals surface area contributed by atoms with E-state index in [9.17, 15) is 9.59 Å². The van der Waals surface area contributed by atoms with Crippen molar-refractivity contribution < 1.29 is 4.79 Å². The van der Waals surface area contributed by atoms with E-state index < -0.39 is 0 Å². The van der Waals surface area contributed by atoms with Crippen LogP contribution in [0.4, 0.5) is 0 Å². The lowest BCUT2D eigenvalue weighted by Crippen LogP contribution is -2.33. The van der Waals surface area contributed by atoms with Crippen molar-refractivity contribution >= 4 is 29.2 Å². The van der Waals surface area contributed by atoms with E-state index in [1.54, 1.807) is 6.07 Å². The zero-order valence-electron chi connectivity index (χ0n) is 14.9. The van der Waals surface area contributed by atoms with Crippen LogP contribution in [0.25, 0.3) is 10.9 Å². The standard InChI is InChI=1S/C19H26N4O2.ClH/c24-18(21-12-10-14-5-4-11-20-13-14)9-3-8-17-22-16-7-2-1-6-15(16)19(25)23-17;/h1-2,6-7,14,20H,3-5,8-13H2,(H,21,24)(H,22,23,25);1H. The molecule has 1 saturated heterocycles. The monoisotopic (exact) mass is 378 g/mol. The smallest absolute Gasteiger partial charge is 0.258 e. The molecule has 1 fully saturated rings. The number of aryl methyl sites for hydroxylation is 1. The molecule has 1 aliphatic heterocycles. The SMILES string of the molecule is Cl.O=C(CCCc1nc2ccccc2c(=O)[nH]1)NCCC1CCCNC1. The third-order valence-electron chi connectivity index (χ3n) is 4.75. The first-order valence-corrected chi connectivity index (χ1v) is 9.18. The highest BCUT2D eigenvalue weighted by molar-refractivity contribution is 5.85. The highest BCUT2D eigenvalue weighted by atomic mass is 35.5. The van der Waals surface area contributed by atoms with Crippen LogP contribution in [0.3, 0.4) is 0 Å². The Bertz CT molecular complexity index is 771. The van der Waals surface area contributed by atoms with E-state index in [-0.39, 0.29) is 23.9 Å². The average molecular weight is 379 g/mol. The number of fused-ring (bicyclic) bond motifs is 1. The molecule has 0 spiro atoms. The van der Waals surface area contributed by atoms with Crippen LogP contribution in [0, 0.1) is 5.92 Å². The van der Waals surface area contributed by atoms with Crippen LogP contribution >= 0.6 is 12.4 Å². The predicted octanol–water partition coefficient (Wildman–Crippen LogP) is 2.17. The van der Waals surface area contributed by atoms with Gasteiger partial charge in [0.2, 0.25) is 5.91 Å². The van der Waals surface area contributed by atoms with Crippen LogP contribution in [-0.4, -0.2) is 35.5 Å². The molecule has 7 heteroatoms. The summed E-state index contributed by atoms with van der Waals surface area (Å²) in [5.41, 5.74) is 0.581. The quantitative estimate of drug-likeness (QED) is 0.689. The number of H-pyrrole nitrogens is 1. The number of carbonyl (C=O) groups is 1. The molecule has 1 aromatic carbocycles. The van der Waals surface area contributed by atoms with Crippen molar-refractivity contribution in [3.63, 3.8) is 0 Å². The van der Waals surface area contributed by atoms with E-state index in [2.05, 4.69) is 20.6 Å². The third-order valence-corrected chi connectivity index (χ3v) is 4.75. The Hall–Kier alpha value is -1.92. The normalized spacial score (nSPS) is 16.8. The lowest BCUT2D eigenvalue weighted by molar-refractivity contribution is -0.121. The van der Waals surface area contributed by atoms with Crippen LogP contribution in [0.1, 0.15) is 37.9 Å². The first-order valence-electron chi connectivity index (χ1n) is 9.18. The number of aromatic nitrogens is 2. The fourth-order valence-electron chi connectivity index (χ4n) is 3.34. The van der Waals surface area contributed by atoms with Crippen molar-refractivity contribution in [1.82, 2.24) is 20.6 Å². The third kappa shape index (κ3) is 5.81. The van der Waals surface area contributed by atoms with Crippen LogP contribution in [-0.2, 0) is 11.2 Å². The zero-order valence-corrected chi connectivity index (χ0v) is 15.7. The zero-order chi connectivity index (χ0) is 17.5. The summed E-state index contributed by atoms with van der Waals surface area (Å²) in [5, 5.41) is 6.99. The summed E-state index contributed by atoms with van der Waals surface area (Å²) in [5.74, 6) is 1.40. The van der Waals surface area contributed by atoms with Gasteiger partial charge < -0.3 is 15.6 Å². The van der Waals surface area contributed by atoms with Gasteiger partial charge in [-0.05, 0) is 56.8 Å². The molecule has 1 amide bonds. The molecule has 0 saturated carbocycles. The van der Waals surface area contributed by atoms with Crippen molar-refractivity contribution in [3.8, 4) is 0 Å². The molecule has 1 atom stereocenters. The maximum Gasteiger partial charge on any atom is 0.258 e. The van der Waals surface area contributed by atoms with Gasteiger partial charge in [-0.15, -0.1) is 12.4 Å². The Labute approximate surface area is 159 Å². The van der Waals surface area contributed by atoms with E-state index in [1.165, 1.54) is 12.8 Å². The number of para-hydroxylation sites is 1. The summed E-state index contributed by atoms with van der Waals surface area (Å²) >= 11 is 0.